The van der Waals surface area contributed by atoms with Crippen LogP contribution in [0.5, 0.6) is 0 Å². The van der Waals surface area contributed by atoms with Crippen molar-refractivity contribution in [2.75, 3.05) is 0 Å². The van der Waals surface area contributed by atoms with Crippen LogP contribution in [-0.2, 0) is 0 Å². The summed E-state index contributed by atoms with van der Waals surface area (Å²) in [5, 5.41) is 6.56. The second-order valence-corrected chi connectivity index (χ2v) is 19.1. The van der Waals surface area contributed by atoms with Gasteiger partial charge in [-0.1, -0.05) is 201 Å². The molecule has 358 valence electrons. The molecule has 0 amide bonds. The van der Waals surface area contributed by atoms with E-state index in [1.807, 2.05) is 78.9 Å². The highest BCUT2D eigenvalue weighted by Gasteiger charge is 2.22. The highest BCUT2D eigenvalue weighted by atomic mass is 16.3. The van der Waals surface area contributed by atoms with Gasteiger partial charge < -0.3 is 13.4 Å². The van der Waals surface area contributed by atoms with E-state index in [9.17, 15) is 0 Å². The first kappa shape index (κ1) is 44.5. The fourth-order valence-electron chi connectivity index (χ4n) is 11.0. The third-order valence-corrected chi connectivity index (χ3v) is 14.6. The Balaban J connectivity index is 0.892. The number of aromatic nitrogens is 4. The van der Waals surface area contributed by atoms with Gasteiger partial charge in [0, 0.05) is 54.6 Å². The zero-order chi connectivity index (χ0) is 50.7. The summed E-state index contributed by atoms with van der Waals surface area (Å²) in [5.74, 6) is 1.85. The average Bonchev–Trinajstić information content (AvgIpc) is 4.27. The molecule has 14 rings (SSSR count). The van der Waals surface area contributed by atoms with Crippen molar-refractivity contribution in [2.24, 2.45) is 0 Å². The van der Waals surface area contributed by atoms with E-state index in [1.165, 1.54) is 10.8 Å². The van der Waals surface area contributed by atoms with E-state index in [0.717, 1.165) is 122 Å². The minimum absolute atomic E-state index is 0.605. The maximum Gasteiger partial charge on any atom is 0.164 e. The van der Waals surface area contributed by atoms with Gasteiger partial charge in [-0.15, -0.1) is 0 Å². The Kier molecular flexibility index (Phi) is 10.8. The second-order valence-electron chi connectivity index (χ2n) is 19.1. The number of para-hydroxylation sites is 3. The van der Waals surface area contributed by atoms with Crippen LogP contribution in [0.15, 0.2) is 264 Å². The molecule has 6 nitrogen and oxygen atoms in total. The second kappa shape index (κ2) is 18.4. The standard InChI is InChI=1S/C70H46N4O2/c1-3-5-20-44(4-2)48-37-38-61-58(41-48)55-29-12-14-34-60(55)74(61)62-43-52(42-59-56-30-13-15-35-63(56)75-67(59)62)47-25-16-27-50(39-47)54-32-18-33-57-65-53(31-19-36-64(65)76-66(54)57)49-26-17-28-51(40-49)70-72-68(45-21-8-6-9-22-45)71-69(73-70)46-23-10-7-11-24-46/h3-43H,1H2,2H3/b20-5-,44-4+. The average molecular weight is 975 g/mol. The Bertz CT molecular complexity index is 4610. The molecular weight excluding hydrogens is 929 g/mol. The van der Waals surface area contributed by atoms with Crippen LogP contribution >= 0.6 is 0 Å². The molecule has 0 saturated heterocycles. The zero-order valence-electron chi connectivity index (χ0n) is 41.5. The lowest BCUT2D eigenvalue weighted by atomic mass is 9.94. The molecule has 0 aliphatic heterocycles. The molecule has 0 radical (unpaired) electrons. The van der Waals surface area contributed by atoms with E-state index >= 15 is 0 Å². The molecule has 0 bridgehead atoms. The summed E-state index contributed by atoms with van der Waals surface area (Å²) in [6.07, 6.45) is 8.05. The summed E-state index contributed by atoms with van der Waals surface area (Å²) >= 11 is 0. The highest BCUT2D eigenvalue weighted by molar-refractivity contribution is 6.17. The van der Waals surface area contributed by atoms with Gasteiger partial charge in [-0.2, -0.15) is 0 Å². The van der Waals surface area contributed by atoms with Crippen LogP contribution < -0.4 is 0 Å². The molecular formula is C70H46N4O2. The van der Waals surface area contributed by atoms with Crippen LogP contribution in [0.25, 0.3) is 144 Å². The fourth-order valence-corrected chi connectivity index (χ4v) is 11.0. The van der Waals surface area contributed by atoms with E-state index in [0.29, 0.717) is 17.5 Å². The number of allylic oxidation sites excluding steroid dienone is 5. The van der Waals surface area contributed by atoms with Gasteiger partial charge in [0.15, 0.2) is 23.1 Å². The van der Waals surface area contributed by atoms with E-state index < -0.39 is 0 Å². The quantitative estimate of drug-likeness (QED) is 0.128. The highest BCUT2D eigenvalue weighted by Crippen LogP contribution is 2.44. The summed E-state index contributed by atoms with van der Waals surface area (Å²) in [7, 11) is 0. The number of rotatable bonds is 10. The van der Waals surface area contributed by atoms with Crippen molar-refractivity contribution in [3.05, 3.63) is 261 Å². The lowest BCUT2D eigenvalue weighted by molar-refractivity contribution is 0.666. The summed E-state index contributed by atoms with van der Waals surface area (Å²) < 4.78 is 16.1. The van der Waals surface area contributed by atoms with Gasteiger partial charge in [0.2, 0.25) is 0 Å². The number of furan rings is 2. The van der Waals surface area contributed by atoms with Crippen LogP contribution in [0.3, 0.4) is 0 Å². The summed E-state index contributed by atoms with van der Waals surface area (Å²) in [6.45, 7) is 5.98. The maximum absolute atomic E-state index is 6.92. The van der Waals surface area contributed by atoms with Crippen molar-refractivity contribution in [2.45, 2.75) is 6.92 Å². The molecule has 0 atom stereocenters. The van der Waals surface area contributed by atoms with Gasteiger partial charge in [0.05, 0.1) is 16.7 Å². The maximum atomic E-state index is 6.92. The largest absolute Gasteiger partial charge is 0.455 e. The topological polar surface area (TPSA) is 69.9 Å². The van der Waals surface area contributed by atoms with Crippen LogP contribution in [0.1, 0.15) is 12.5 Å². The molecule has 0 unspecified atom stereocenters. The predicted molar refractivity (Wildman–Crippen MR) is 314 cm³/mol. The number of fused-ring (bicyclic) bond motifs is 9. The predicted octanol–water partition coefficient (Wildman–Crippen LogP) is 18.9. The number of hydrogen-bond acceptors (Lipinski definition) is 5. The molecule has 4 aromatic heterocycles. The first-order chi connectivity index (χ1) is 37.6. The van der Waals surface area contributed by atoms with Crippen molar-refractivity contribution in [1.29, 1.82) is 0 Å². The summed E-state index contributed by atoms with van der Waals surface area (Å²) in [6, 6.07) is 78.5. The molecule has 0 saturated carbocycles. The smallest absolute Gasteiger partial charge is 0.164 e. The van der Waals surface area contributed by atoms with Crippen molar-refractivity contribution < 1.29 is 8.83 Å². The third kappa shape index (κ3) is 7.54. The Morgan fingerprint density at radius 3 is 1.75 bits per heavy atom. The van der Waals surface area contributed by atoms with Gasteiger partial charge in [0.1, 0.15) is 16.7 Å². The van der Waals surface area contributed by atoms with E-state index in [2.05, 4.69) is 188 Å². The molecule has 0 fully saturated rings. The van der Waals surface area contributed by atoms with Gasteiger partial charge in [-0.05, 0) is 100 Å². The number of nitrogens with zero attached hydrogens (tertiary/aromatic N) is 4. The van der Waals surface area contributed by atoms with E-state index in [-0.39, 0.29) is 0 Å². The van der Waals surface area contributed by atoms with E-state index in [1.54, 1.807) is 0 Å². The molecule has 4 heterocycles. The minimum Gasteiger partial charge on any atom is -0.455 e. The molecule has 0 aliphatic carbocycles. The summed E-state index contributed by atoms with van der Waals surface area (Å²) in [5.41, 5.74) is 17.9. The van der Waals surface area contributed by atoms with Gasteiger partial charge in [0.25, 0.3) is 0 Å². The molecule has 14 aromatic rings. The third-order valence-electron chi connectivity index (χ3n) is 14.6. The van der Waals surface area contributed by atoms with Gasteiger partial charge in [-0.3, -0.25) is 0 Å². The normalized spacial score (nSPS) is 12.1. The zero-order valence-corrected chi connectivity index (χ0v) is 41.5. The minimum atomic E-state index is 0.605. The van der Waals surface area contributed by atoms with Crippen molar-refractivity contribution in [3.63, 3.8) is 0 Å². The number of benzene rings is 10. The van der Waals surface area contributed by atoms with Crippen LogP contribution in [0.4, 0.5) is 0 Å². The molecule has 0 N–H and O–H groups in total. The fraction of sp³-hybridized carbons (Fsp3) is 0.0143. The number of hydrogen-bond donors (Lipinski definition) is 0. The Labute approximate surface area is 438 Å². The van der Waals surface area contributed by atoms with Crippen molar-refractivity contribution in [1.82, 2.24) is 19.5 Å². The van der Waals surface area contributed by atoms with Crippen LogP contribution in [0.2, 0.25) is 0 Å². The van der Waals surface area contributed by atoms with Gasteiger partial charge in [-0.25, -0.2) is 15.0 Å². The molecule has 10 aromatic carbocycles. The first-order valence-corrected chi connectivity index (χ1v) is 25.6. The molecule has 6 heteroatoms. The lowest BCUT2D eigenvalue weighted by Crippen LogP contribution is -2.00. The van der Waals surface area contributed by atoms with E-state index in [4.69, 9.17) is 23.8 Å². The Morgan fingerprint density at radius 2 is 0.987 bits per heavy atom. The molecule has 0 spiro atoms. The molecule has 0 aliphatic rings. The lowest BCUT2D eigenvalue weighted by Gasteiger charge is -2.13. The van der Waals surface area contributed by atoms with Crippen molar-refractivity contribution >= 4 is 71.3 Å². The van der Waals surface area contributed by atoms with Crippen LogP contribution in [-0.4, -0.2) is 19.5 Å². The monoisotopic (exact) mass is 974 g/mol. The van der Waals surface area contributed by atoms with Crippen molar-refractivity contribution in [3.8, 4) is 73.2 Å². The first-order valence-electron chi connectivity index (χ1n) is 25.6. The van der Waals surface area contributed by atoms with Gasteiger partial charge >= 0.3 is 0 Å². The Morgan fingerprint density at radius 1 is 0.421 bits per heavy atom. The Hall–Kier alpha value is -10.2. The SMILES string of the molecule is C=C/C=C\C(=C/C)c1ccc2c(c1)c1ccccc1n2-c1cc(-c2cccc(-c3cccc4c3oc3cccc(-c5cccc(-c6nc(-c7ccccc7)nc(-c7ccccc7)n6)c5)c34)c2)cc2c1oc1ccccc12. The molecule has 76 heavy (non-hydrogen) atoms. The van der Waals surface area contributed by atoms with Crippen LogP contribution in [0, 0.1) is 0 Å². The summed E-state index contributed by atoms with van der Waals surface area (Å²) in [4.78, 5) is 15.0.